The normalized spacial score (nSPS) is 16.0. The molecule has 0 radical (unpaired) electrons. The van der Waals surface area contributed by atoms with Crippen molar-refractivity contribution >= 4 is 11.9 Å². The summed E-state index contributed by atoms with van der Waals surface area (Å²) in [7, 11) is 0. The minimum Gasteiger partial charge on any atom is -0.481 e. The molecule has 2 rings (SSSR count). The van der Waals surface area contributed by atoms with E-state index in [0.717, 1.165) is 18.4 Å². The lowest BCUT2D eigenvalue weighted by molar-refractivity contribution is -0.137. The molecule has 1 fully saturated rings. The average Bonchev–Trinajstić information content (AvgIpc) is 2.41. The molecular weight excluding hydrogens is 266 g/mol. The summed E-state index contributed by atoms with van der Waals surface area (Å²) in [5.41, 5.74) is 1.12. The van der Waals surface area contributed by atoms with Crippen LogP contribution in [0.3, 0.4) is 0 Å². The summed E-state index contributed by atoms with van der Waals surface area (Å²) in [5, 5.41) is 11.9. The van der Waals surface area contributed by atoms with Crippen LogP contribution in [-0.2, 0) is 16.0 Å². The van der Waals surface area contributed by atoms with Crippen molar-refractivity contribution in [3.05, 3.63) is 35.9 Å². The van der Waals surface area contributed by atoms with E-state index in [1.807, 2.05) is 30.3 Å². The standard InChI is InChI=1S/C17H23NO3/c19-16(12-14-7-4-8-14)18-15(9-10-17(20)21)11-13-5-2-1-3-6-13/h1-3,5-6,14-15H,4,7-12H2,(H,18,19)(H,20,21). The molecule has 0 bridgehead atoms. The van der Waals surface area contributed by atoms with Gasteiger partial charge in [-0.15, -0.1) is 0 Å². The summed E-state index contributed by atoms with van der Waals surface area (Å²) in [6.45, 7) is 0. The Bertz CT molecular complexity index is 468. The van der Waals surface area contributed by atoms with Gasteiger partial charge < -0.3 is 10.4 Å². The van der Waals surface area contributed by atoms with Crippen molar-refractivity contribution in [1.29, 1.82) is 0 Å². The van der Waals surface area contributed by atoms with Crippen LogP contribution >= 0.6 is 0 Å². The van der Waals surface area contributed by atoms with Crippen molar-refractivity contribution < 1.29 is 14.7 Å². The van der Waals surface area contributed by atoms with E-state index in [2.05, 4.69) is 5.32 Å². The first-order valence-electron chi connectivity index (χ1n) is 7.68. The Balaban J connectivity index is 1.87. The van der Waals surface area contributed by atoms with Crippen LogP contribution in [0, 0.1) is 5.92 Å². The zero-order chi connectivity index (χ0) is 15.1. The van der Waals surface area contributed by atoms with Crippen LogP contribution in [0.15, 0.2) is 30.3 Å². The minimum absolute atomic E-state index is 0.0611. The summed E-state index contributed by atoms with van der Waals surface area (Å²) < 4.78 is 0. The van der Waals surface area contributed by atoms with E-state index in [4.69, 9.17) is 5.11 Å². The highest BCUT2D eigenvalue weighted by Gasteiger charge is 2.22. The molecule has 114 valence electrons. The Morgan fingerprint density at radius 3 is 2.52 bits per heavy atom. The highest BCUT2D eigenvalue weighted by molar-refractivity contribution is 5.76. The lowest BCUT2D eigenvalue weighted by Crippen LogP contribution is -2.38. The molecule has 0 spiro atoms. The fourth-order valence-electron chi connectivity index (χ4n) is 2.67. The van der Waals surface area contributed by atoms with E-state index in [9.17, 15) is 9.59 Å². The molecule has 0 aliphatic heterocycles. The molecule has 2 N–H and O–H groups in total. The molecule has 21 heavy (non-hydrogen) atoms. The summed E-state index contributed by atoms with van der Waals surface area (Å²) in [4.78, 5) is 22.8. The number of carboxylic acid groups (broad SMARTS) is 1. The second-order valence-corrected chi connectivity index (χ2v) is 5.89. The highest BCUT2D eigenvalue weighted by atomic mass is 16.4. The Kier molecular flexibility index (Phi) is 5.78. The lowest BCUT2D eigenvalue weighted by Gasteiger charge is -2.26. The van der Waals surface area contributed by atoms with Gasteiger partial charge in [0.15, 0.2) is 0 Å². The third-order valence-electron chi connectivity index (χ3n) is 4.10. The van der Waals surface area contributed by atoms with E-state index < -0.39 is 5.97 Å². The van der Waals surface area contributed by atoms with Gasteiger partial charge in [-0.3, -0.25) is 9.59 Å². The third-order valence-corrected chi connectivity index (χ3v) is 4.10. The van der Waals surface area contributed by atoms with Crippen LogP contribution in [0.4, 0.5) is 0 Å². The first-order valence-corrected chi connectivity index (χ1v) is 7.68. The number of rotatable bonds is 8. The van der Waals surface area contributed by atoms with Crippen molar-refractivity contribution in [3.8, 4) is 0 Å². The first kappa shape index (κ1) is 15.5. The number of hydrogen-bond donors (Lipinski definition) is 2. The molecule has 0 heterocycles. The maximum Gasteiger partial charge on any atom is 0.303 e. The van der Waals surface area contributed by atoms with Gasteiger partial charge in [-0.2, -0.15) is 0 Å². The zero-order valence-corrected chi connectivity index (χ0v) is 12.3. The van der Waals surface area contributed by atoms with Crippen molar-refractivity contribution in [2.45, 2.75) is 51.0 Å². The minimum atomic E-state index is -0.818. The number of amides is 1. The topological polar surface area (TPSA) is 66.4 Å². The Labute approximate surface area is 125 Å². The number of carbonyl (C=O) groups excluding carboxylic acids is 1. The maximum atomic E-state index is 12.0. The fourth-order valence-corrected chi connectivity index (χ4v) is 2.67. The highest BCUT2D eigenvalue weighted by Crippen LogP contribution is 2.29. The number of aliphatic carboxylic acids is 1. The van der Waals surface area contributed by atoms with Gasteiger partial charge in [0, 0.05) is 18.9 Å². The quantitative estimate of drug-likeness (QED) is 0.773. The van der Waals surface area contributed by atoms with E-state index in [0.29, 0.717) is 25.2 Å². The largest absolute Gasteiger partial charge is 0.481 e. The lowest BCUT2D eigenvalue weighted by atomic mass is 9.83. The number of carbonyl (C=O) groups is 2. The van der Waals surface area contributed by atoms with Crippen LogP contribution in [0.5, 0.6) is 0 Å². The van der Waals surface area contributed by atoms with Crippen molar-refractivity contribution in [2.24, 2.45) is 5.92 Å². The molecule has 1 aliphatic rings. The van der Waals surface area contributed by atoms with Gasteiger partial charge in [0.05, 0.1) is 0 Å². The van der Waals surface area contributed by atoms with E-state index in [-0.39, 0.29) is 18.4 Å². The van der Waals surface area contributed by atoms with E-state index in [1.54, 1.807) is 0 Å². The first-order chi connectivity index (χ1) is 10.1. The van der Waals surface area contributed by atoms with Gasteiger partial charge in [0.1, 0.15) is 0 Å². The van der Waals surface area contributed by atoms with E-state index in [1.165, 1.54) is 6.42 Å². The summed E-state index contributed by atoms with van der Waals surface area (Å²) in [6.07, 6.45) is 5.34. The molecule has 0 saturated heterocycles. The Morgan fingerprint density at radius 2 is 1.95 bits per heavy atom. The smallest absolute Gasteiger partial charge is 0.303 e. The maximum absolute atomic E-state index is 12.0. The molecular formula is C17H23NO3. The predicted molar refractivity (Wildman–Crippen MR) is 80.9 cm³/mol. The molecule has 1 atom stereocenters. The van der Waals surface area contributed by atoms with Gasteiger partial charge >= 0.3 is 5.97 Å². The Morgan fingerprint density at radius 1 is 1.24 bits per heavy atom. The van der Waals surface area contributed by atoms with Gasteiger partial charge in [0.2, 0.25) is 5.91 Å². The molecule has 1 unspecified atom stereocenters. The molecule has 4 heteroatoms. The van der Waals surface area contributed by atoms with Crippen LogP contribution in [0.25, 0.3) is 0 Å². The summed E-state index contributed by atoms with van der Waals surface area (Å²) in [6, 6.07) is 9.78. The molecule has 1 aliphatic carbocycles. The summed E-state index contributed by atoms with van der Waals surface area (Å²) in [5.74, 6) is -0.228. The van der Waals surface area contributed by atoms with Crippen molar-refractivity contribution in [3.63, 3.8) is 0 Å². The number of nitrogens with one attached hydrogen (secondary N) is 1. The second-order valence-electron chi connectivity index (χ2n) is 5.89. The molecule has 0 aromatic heterocycles. The average molecular weight is 289 g/mol. The number of hydrogen-bond acceptors (Lipinski definition) is 2. The molecule has 4 nitrogen and oxygen atoms in total. The van der Waals surface area contributed by atoms with E-state index >= 15 is 0 Å². The molecule has 1 aromatic rings. The second kappa shape index (κ2) is 7.81. The van der Waals surface area contributed by atoms with Gasteiger partial charge in [-0.1, -0.05) is 36.8 Å². The van der Waals surface area contributed by atoms with Crippen LogP contribution < -0.4 is 5.32 Å². The van der Waals surface area contributed by atoms with Crippen LogP contribution in [0.2, 0.25) is 0 Å². The monoisotopic (exact) mass is 289 g/mol. The molecule has 1 amide bonds. The van der Waals surface area contributed by atoms with Crippen molar-refractivity contribution in [2.75, 3.05) is 0 Å². The van der Waals surface area contributed by atoms with Crippen LogP contribution in [0.1, 0.15) is 44.1 Å². The summed E-state index contributed by atoms with van der Waals surface area (Å²) >= 11 is 0. The van der Waals surface area contributed by atoms with Gasteiger partial charge in [-0.25, -0.2) is 0 Å². The Hall–Kier alpha value is -1.84. The SMILES string of the molecule is O=C(O)CCC(Cc1ccccc1)NC(=O)CC1CCC1. The zero-order valence-electron chi connectivity index (χ0n) is 12.3. The van der Waals surface area contributed by atoms with Crippen LogP contribution in [-0.4, -0.2) is 23.0 Å². The van der Waals surface area contributed by atoms with Gasteiger partial charge in [-0.05, 0) is 37.2 Å². The number of carboxylic acids is 1. The third kappa shape index (κ3) is 5.58. The fraction of sp³-hybridized carbons (Fsp3) is 0.529. The van der Waals surface area contributed by atoms with Crippen molar-refractivity contribution in [1.82, 2.24) is 5.32 Å². The molecule has 1 saturated carbocycles. The van der Waals surface area contributed by atoms with Gasteiger partial charge in [0.25, 0.3) is 0 Å². The predicted octanol–water partition coefficient (Wildman–Crippen LogP) is 2.77. The number of benzene rings is 1. The molecule has 1 aromatic carbocycles.